The van der Waals surface area contributed by atoms with E-state index in [1.165, 1.54) is 12.1 Å². The molecule has 0 aliphatic carbocycles. The molecule has 1 atom stereocenters. The van der Waals surface area contributed by atoms with Crippen LogP contribution in [-0.2, 0) is 19.4 Å². The van der Waals surface area contributed by atoms with Crippen molar-refractivity contribution < 1.29 is 27.4 Å². The number of carbonyl (C=O) groups excluding carboxylic acids is 1. The zero-order chi connectivity index (χ0) is 20.1. The third kappa shape index (κ3) is 2.96. The number of benzene rings is 2. The molecule has 0 aromatic heterocycles. The predicted molar refractivity (Wildman–Crippen MR) is 104 cm³/mol. The number of carbonyl (C=O) groups is 1. The third-order valence-corrected chi connectivity index (χ3v) is 6.27. The molecule has 2 aliphatic rings. The Kier molecular flexibility index (Phi) is 4.23. The Balaban J connectivity index is 1.86. The summed E-state index contributed by atoms with van der Waals surface area (Å²) in [6.45, 7) is 3.81. The van der Waals surface area contributed by atoms with Crippen molar-refractivity contribution in [3.63, 3.8) is 0 Å². The second kappa shape index (κ2) is 6.38. The van der Waals surface area contributed by atoms with E-state index in [9.17, 15) is 13.2 Å². The van der Waals surface area contributed by atoms with Gasteiger partial charge in [0.15, 0.2) is 26.9 Å². The Morgan fingerprint density at radius 1 is 1.00 bits per heavy atom. The predicted octanol–water partition coefficient (Wildman–Crippen LogP) is 3.46. The van der Waals surface area contributed by atoms with Gasteiger partial charge in [-0.25, -0.2) is 8.42 Å². The summed E-state index contributed by atoms with van der Waals surface area (Å²) in [6, 6.07) is 11.7. The molecule has 0 spiro atoms. The summed E-state index contributed by atoms with van der Waals surface area (Å²) in [5, 5.41) is 0. The van der Waals surface area contributed by atoms with Crippen molar-refractivity contribution in [2.75, 3.05) is 13.0 Å². The summed E-state index contributed by atoms with van der Waals surface area (Å²) in [5.41, 5.74) is 0.797. The van der Waals surface area contributed by atoms with Gasteiger partial charge in [0.2, 0.25) is 12.6 Å². The van der Waals surface area contributed by atoms with Crippen LogP contribution < -0.4 is 9.47 Å². The van der Waals surface area contributed by atoms with Gasteiger partial charge in [-0.3, -0.25) is 4.79 Å². The molecule has 0 fully saturated rings. The molecule has 0 amide bonds. The van der Waals surface area contributed by atoms with Crippen LogP contribution in [0.25, 0.3) is 11.3 Å². The summed E-state index contributed by atoms with van der Waals surface area (Å²) in [7, 11) is -3.31. The van der Waals surface area contributed by atoms with Crippen LogP contribution >= 0.6 is 0 Å². The number of ketones is 1. The van der Waals surface area contributed by atoms with Crippen LogP contribution in [-0.4, -0.2) is 32.9 Å². The zero-order valence-corrected chi connectivity index (χ0v) is 16.6. The molecule has 28 heavy (non-hydrogen) atoms. The van der Waals surface area contributed by atoms with Gasteiger partial charge in [0.25, 0.3) is 0 Å². The van der Waals surface area contributed by atoms with Crippen LogP contribution in [0.2, 0.25) is 0 Å². The summed E-state index contributed by atoms with van der Waals surface area (Å²) < 4.78 is 40.4. The Labute approximate surface area is 163 Å². The van der Waals surface area contributed by atoms with Crippen molar-refractivity contribution >= 4 is 27.0 Å². The molecule has 7 heteroatoms. The average Bonchev–Trinajstić information content (AvgIpc) is 3.24. The van der Waals surface area contributed by atoms with Gasteiger partial charge in [0.1, 0.15) is 5.76 Å². The fourth-order valence-electron chi connectivity index (χ4n) is 3.29. The lowest BCUT2D eigenvalue weighted by atomic mass is 9.90. The van der Waals surface area contributed by atoms with Crippen LogP contribution in [0, 0.1) is 0 Å². The topological polar surface area (TPSA) is 78.9 Å². The second-order valence-corrected chi connectivity index (χ2v) is 9.10. The average molecular weight is 400 g/mol. The Bertz CT molecular complexity index is 1100. The smallest absolute Gasteiger partial charge is 0.231 e. The lowest BCUT2D eigenvalue weighted by molar-refractivity contribution is -0.126. The molecule has 0 radical (unpaired) electrons. The Morgan fingerprint density at radius 2 is 1.64 bits per heavy atom. The Morgan fingerprint density at radius 3 is 2.29 bits per heavy atom. The van der Waals surface area contributed by atoms with E-state index in [4.69, 9.17) is 14.2 Å². The minimum atomic E-state index is -3.31. The maximum atomic E-state index is 13.2. The summed E-state index contributed by atoms with van der Waals surface area (Å²) >= 11 is 0. The van der Waals surface area contributed by atoms with Crippen LogP contribution in [0.3, 0.4) is 0 Å². The quantitative estimate of drug-likeness (QED) is 0.782. The molecule has 0 bridgehead atoms. The number of hydrogen-bond donors (Lipinski definition) is 0. The molecule has 6 nitrogen and oxygen atoms in total. The van der Waals surface area contributed by atoms with Crippen molar-refractivity contribution in [3.05, 3.63) is 53.6 Å². The number of Topliss-reactive ketones (excluding diaryl/α,β-unsaturated/α-hetero) is 1. The van der Waals surface area contributed by atoms with Gasteiger partial charge >= 0.3 is 0 Å². The summed E-state index contributed by atoms with van der Waals surface area (Å²) in [5.74, 6) is 1.53. The van der Waals surface area contributed by atoms with Gasteiger partial charge in [0, 0.05) is 11.8 Å². The molecule has 2 aliphatic heterocycles. The maximum Gasteiger partial charge on any atom is 0.231 e. The first kappa shape index (κ1) is 18.6. The van der Waals surface area contributed by atoms with Gasteiger partial charge in [-0.15, -0.1) is 0 Å². The maximum absolute atomic E-state index is 13.2. The van der Waals surface area contributed by atoms with Gasteiger partial charge < -0.3 is 14.2 Å². The van der Waals surface area contributed by atoms with Crippen LogP contribution in [0.1, 0.15) is 31.4 Å². The standard InChI is InChI=1S/C21H20O6S/c1-4-21(2)20(22)18(14-7-10-16-17(11-14)26-12-25-16)19(27-21)13-5-8-15(9-6-13)28(3,23)24/h5-11H,4,12H2,1-3H3. The summed E-state index contributed by atoms with van der Waals surface area (Å²) in [4.78, 5) is 13.4. The molecular weight excluding hydrogens is 380 g/mol. The van der Waals surface area contributed by atoms with Gasteiger partial charge in [-0.2, -0.15) is 0 Å². The van der Waals surface area contributed by atoms with Gasteiger partial charge in [-0.1, -0.05) is 13.0 Å². The lowest BCUT2D eigenvalue weighted by Gasteiger charge is -2.21. The van der Waals surface area contributed by atoms with Gasteiger partial charge in [-0.05, 0) is 55.3 Å². The van der Waals surface area contributed by atoms with Crippen LogP contribution in [0.5, 0.6) is 11.5 Å². The fraction of sp³-hybridized carbons (Fsp3) is 0.286. The monoisotopic (exact) mass is 400 g/mol. The van der Waals surface area contributed by atoms with Crippen LogP contribution in [0.4, 0.5) is 0 Å². The van der Waals surface area contributed by atoms with E-state index < -0.39 is 15.4 Å². The van der Waals surface area contributed by atoms with E-state index in [0.29, 0.717) is 40.4 Å². The number of hydrogen-bond acceptors (Lipinski definition) is 6. The highest BCUT2D eigenvalue weighted by molar-refractivity contribution is 7.90. The minimum absolute atomic E-state index is 0.115. The van der Waals surface area contributed by atoms with E-state index >= 15 is 0 Å². The largest absolute Gasteiger partial charge is 0.478 e. The molecule has 2 aromatic rings. The highest BCUT2D eigenvalue weighted by atomic mass is 32.2. The molecule has 146 valence electrons. The highest BCUT2D eigenvalue weighted by Gasteiger charge is 2.45. The van der Waals surface area contributed by atoms with E-state index in [-0.39, 0.29) is 17.5 Å². The molecule has 0 N–H and O–H groups in total. The number of sulfone groups is 1. The molecule has 0 saturated heterocycles. The van der Waals surface area contributed by atoms with Crippen molar-refractivity contribution in [2.45, 2.75) is 30.8 Å². The first-order valence-electron chi connectivity index (χ1n) is 8.91. The molecule has 0 saturated carbocycles. The lowest BCUT2D eigenvalue weighted by Crippen LogP contribution is -2.32. The molecule has 4 rings (SSSR count). The highest BCUT2D eigenvalue weighted by Crippen LogP contribution is 2.45. The fourth-order valence-corrected chi connectivity index (χ4v) is 3.92. The molecular formula is C21H20O6S. The van der Waals surface area contributed by atoms with E-state index in [1.54, 1.807) is 37.3 Å². The Hall–Kier alpha value is -2.80. The number of ether oxygens (including phenoxy) is 3. The van der Waals surface area contributed by atoms with Crippen molar-refractivity contribution in [3.8, 4) is 11.5 Å². The summed E-state index contributed by atoms with van der Waals surface area (Å²) in [6.07, 6.45) is 1.66. The second-order valence-electron chi connectivity index (χ2n) is 7.08. The van der Waals surface area contributed by atoms with Crippen molar-refractivity contribution in [2.24, 2.45) is 0 Å². The van der Waals surface area contributed by atoms with Crippen molar-refractivity contribution in [1.29, 1.82) is 0 Å². The minimum Gasteiger partial charge on any atom is -0.478 e. The molecule has 2 aromatic carbocycles. The molecule has 2 heterocycles. The SMILES string of the molecule is CCC1(C)OC(c2ccc(S(C)(=O)=O)cc2)=C(c2ccc3c(c2)OCO3)C1=O. The number of rotatable bonds is 4. The van der Waals surface area contributed by atoms with E-state index in [1.807, 2.05) is 6.92 Å². The van der Waals surface area contributed by atoms with E-state index in [0.717, 1.165) is 6.26 Å². The zero-order valence-electron chi connectivity index (χ0n) is 15.8. The first-order chi connectivity index (χ1) is 13.2. The van der Waals surface area contributed by atoms with E-state index in [2.05, 4.69) is 0 Å². The van der Waals surface area contributed by atoms with Crippen LogP contribution in [0.15, 0.2) is 47.4 Å². The normalized spacial score (nSPS) is 21.2. The van der Waals surface area contributed by atoms with Crippen molar-refractivity contribution in [1.82, 2.24) is 0 Å². The van der Waals surface area contributed by atoms with Gasteiger partial charge in [0.05, 0.1) is 10.5 Å². The number of fused-ring (bicyclic) bond motifs is 1. The first-order valence-corrected chi connectivity index (χ1v) is 10.8. The molecule has 1 unspecified atom stereocenters. The third-order valence-electron chi connectivity index (χ3n) is 5.14.